The summed E-state index contributed by atoms with van der Waals surface area (Å²) in [6.07, 6.45) is 6.44. The Morgan fingerprint density at radius 2 is 2.31 bits per heavy atom. The predicted octanol–water partition coefficient (Wildman–Crippen LogP) is 3.07. The SMILES string of the molecule is OC1=COC=CC=C1c1cccs1. The van der Waals surface area contributed by atoms with Crippen molar-refractivity contribution in [2.45, 2.75) is 0 Å². The third-order valence-corrected chi connectivity index (χ3v) is 2.57. The van der Waals surface area contributed by atoms with E-state index in [9.17, 15) is 5.11 Å². The van der Waals surface area contributed by atoms with Gasteiger partial charge in [0.05, 0.1) is 6.26 Å². The van der Waals surface area contributed by atoms with Gasteiger partial charge in [0, 0.05) is 10.5 Å². The van der Waals surface area contributed by atoms with Gasteiger partial charge in [-0.15, -0.1) is 11.3 Å². The first-order valence-electron chi connectivity index (χ1n) is 3.83. The topological polar surface area (TPSA) is 29.5 Å². The van der Waals surface area contributed by atoms with Crippen LogP contribution in [0.2, 0.25) is 0 Å². The van der Waals surface area contributed by atoms with Crippen LogP contribution in [0.4, 0.5) is 0 Å². The molecule has 1 N–H and O–H groups in total. The number of aliphatic hydroxyl groups excluding tert-OH is 1. The summed E-state index contributed by atoms with van der Waals surface area (Å²) in [5.74, 6) is 0.160. The molecule has 1 aliphatic rings. The minimum atomic E-state index is 0.160. The van der Waals surface area contributed by atoms with Gasteiger partial charge >= 0.3 is 0 Å². The van der Waals surface area contributed by atoms with Gasteiger partial charge in [0.2, 0.25) is 0 Å². The highest BCUT2D eigenvalue weighted by molar-refractivity contribution is 7.11. The minimum absolute atomic E-state index is 0.160. The van der Waals surface area contributed by atoms with Gasteiger partial charge in [-0.25, -0.2) is 0 Å². The molecule has 0 spiro atoms. The number of thiophene rings is 1. The Morgan fingerprint density at radius 1 is 1.38 bits per heavy atom. The van der Waals surface area contributed by atoms with Crippen LogP contribution in [0, 0.1) is 0 Å². The molecule has 2 rings (SSSR count). The van der Waals surface area contributed by atoms with E-state index in [0.29, 0.717) is 0 Å². The molecule has 0 bridgehead atoms. The zero-order valence-corrected chi connectivity index (χ0v) is 7.62. The summed E-state index contributed by atoms with van der Waals surface area (Å²) >= 11 is 1.58. The lowest BCUT2D eigenvalue weighted by atomic mass is 10.2. The summed E-state index contributed by atoms with van der Waals surface area (Å²) in [7, 11) is 0. The molecule has 0 fully saturated rings. The Morgan fingerprint density at radius 3 is 3.08 bits per heavy atom. The normalized spacial score (nSPS) is 15.7. The lowest BCUT2D eigenvalue weighted by Crippen LogP contribution is -1.84. The molecule has 2 heterocycles. The smallest absolute Gasteiger partial charge is 0.159 e. The summed E-state index contributed by atoms with van der Waals surface area (Å²) in [5.41, 5.74) is 0.795. The summed E-state index contributed by atoms with van der Waals surface area (Å²) in [5, 5.41) is 11.5. The van der Waals surface area contributed by atoms with Crippen LogP contribution in [0.3, 0.4) is 0 Å². The average molecular weight is 192 g/mol. The van der Waals surface area contributed by atoms with Gasteiger partial charge < -0.3 is 9.84 Å². The molecule has 13 heavy (non-hydrogen) atoms. The van der Waals surface area contributed by atoms with Crippen LogP contribution in [0.25, 0.3) is 5.57 Å². The average Bonchev–Trinajstić information content (AvgIpc) is 2.56. The Kier molecular flexibility index (Phi) is 2.19. The van der Waals surface area contributed by atoms with Crippen LogP contribution in [-0.2, 0) is 4.74 Å². The largest absolute Gasteiger partial charge is 0.504 e. The third-order valence-electron chi connectivity index (χ3n) is 1.66. The van der Waals surface area contributed by atoms with E-state index in [-0.39, 0.29) is 5.76 Å². The standard InChI is InChI=1S/C10H8O2S/c11-9-7-12-5-1-3-8(9)10-4-2-6-13-10/h1-7,11H. The third kappa shape index (κ3) is 1.65. The van der Waals surface area contributed by atoms with Crippen LogP contribution in [0.5, 0.6) is 0 Å². The van der Waals surface area contributed by atoms with Crippen LogP contribution < -0.4 is 0 Å². The zero-order valence-electron chi connectivity index (χ0n) is 6.81. The van der Waals surface area contributed by atoms with E-state index in [2.05, 4.69) is 0 Å². The van der Waals surface area contributed by atoms with E-state index < -0.39 is 0 Å². The fraction of sp³-hybridized carbons (Fsp3) is 0. The van der Waals surface area contributed by atoms with Crippen molar-refractivity contribution in [2.24, 2.45) is 0 Å². The molecule has 0 radical (unpaired) electrons. The summed E-state index contributed by atoms with van der Waals surface area (Å²) in [4.78, 5) is 1.03. The first-order valence-corrected chi connectivity index (χ1v) is 4.71. The highest BCUT2D eigenvalue weighted by Crippen LogP contribution is 2.26. The van der Waals surface area contributed by atoms with E-state index in [1.807, 2.05) is 23.6 Å². The van der Waals surface area contributed by atoms with Gasteiger partial charge in [0.1, 0.15) is 6.26 Å². The molecular weight excluding hydrogens is 184 g/mol. The summed E-state index contributed by atoms with van der Waals surface area (Å²) < 4.78 is 4.89. The van der Waals surface area contributed by atoms with E-state index in [4.69, 9.17) is 4.74 Å². The molecule has 0 saturated carbocycles. The van der Waals surface area contributed by atoms with Crippen LogP contribution in [0.15, 0.2) is 47.9 Å². The Labute approximate surface area is 80.1 Å². The zero-order chi connectivity index (χ0) is 9.10. The first-order chi connectivity index (χ1) is 6.38. The predicted molar refractivity (Wildman–Crippen MR) is 53.2 cm³/mol. The molecule has 0 atom stereocenters. The molecule has 0 amide bonds. The first kappa shape index (κ1) is 8.13. The molecule has 2 nitrogen and oxygen atoms in total. The number of allylic oxidation sites excluding steroid dienone is 3. The maximum atomic E-state index is 9.56. The van der Waals surface area contributed by atoms with Crippen molar-refractivity contribution in [3.8, 4) is 0 Å². The molecule has 3 heteroatoms. The second kappa shape index (κ2) is 3.49. The molecule has 1 aliphatic heterocycles. The van der Waals surface area contributed by atoms with Crippen molar-refractivity contribution in [1.82, 2.24) is 0 Å². The summed E-state index contributed by atoms with van der Waals surface area (Å²) in [6, 6.07) is 3.91. The Balaban J connectivity index is 2.42. The number of rotatable bonds is 1. The molecule has 0 aliphatic carbocycles. The molecule has 0 aromatic carbocycles. The van der Waals surface area contributed by atoms with Gasteiger partial charge in [0.15, 0.2) is 5.76 Å². The van der Waals surface area contributed by atoms with E-state index in [0.717, 1.165) is 10.5 Å². The molecule has 66 valence electrons. The van der Waals surface area contributed by atoms with Gasteiger partial charge in [-0.2, -0.15) is 0 Å². The number of ether oxygens (including phenoxy) is 1. The van der Waals surface area contributed by atoms with E-state index in [1.165, 1.54) is 12.5 Å². The fourth-order valence-electron chi connectivity index (χ4n) is 1.07. The van der Waals surface area contributed by atoms with Crippen LogP contribution in [-0.4, -0.2) is 5.11 Å². The van der Waals surface area contributed by atoms with Gasteiger partial charge in [-0.1, -0.05) is 6.07 Å². The molecule has 1 aromatic rings. The second-order valence-electron chi connectivity index (χ2n) is 2.53. The summed E-state index contributed by atoms with van der Waals surface area (Å²) in [6.45, 7) is 0. The van der Waals surface area contributed by atoms with E-state index >= 15 is 0 Å². The van der Waals surface area contributed by atoms with Gasteiger partial charge in [-0.3, -0.25) is 0 Å². The van der Waals surface area contributed by atoms with Gasteiger partial charge in [-0.05, 0) is 23.6 Å². The monoisotopic (exact) mass is 192 g/mol. The van der Waals surface area contributed by atoms with Crippen LogP contribution >= 0.6 is 11.3 Å². The molecule has 0 unspecified atom stereocenters. The lowest BCUT2D eigenvalue weighted by Gasteiger charge is -2.00. The fourth-order valence-corrected chi connectivity index (χ4v) is 1.83. The number of hydrogen-bond donors (Lipinski definition) is 1. The highest BCUT2D eigenvalue weighted by Gasteiger charge is 2.08. The number of hydrogen-bond acceptors (Lipinski definition) is 3. The van der Waals surface area contributed by atoms with Crippen molar-refractivity contribution >= 4 is 16.9 Å². The van der Waals surface area contributed by atoms with E-state index in [1.54, 1.807) is 17.4 Å². The Bertz CT molecular complexity index is 372. The van der Waals surface area contributed by atoms with Gasteiger partial charge in [0.25, 0.3) is 0 Å². The maximum absolute atomic E-state index is 9.56. The molecule has 1 aromatic heterocycles. The van der Waals surface area contributed by atoms with Crippen molar-refractivity contribution < 1.29 is 9.84 Å². The van der Waals surface area contributed by atoms with Crippen molar-refractivity contribution in [2.75, 3.05) is 0 Å². The highest BCUT2D eigenvalue weighted by atomic mass is 32.1. The molecule has 0 saturated heterocycles. The van der Waals surface area contributed by atoms with Crippen molar-refractivity contribution in [1.29, 1.82) is 0 Å². The van der Waals surface area contributed by atoms with Crippen molar-refractivity contribution in [3.05, 3.63) is 52.8 Å². The Hall–Kier alpha value is -1.48. The lowest BCUT2D eigenvalue weighted by molar-refractivity contribution is 0.353. The number of aliphatic hydroxyl groups is 1. The quantitative estimate of drug-likeness (QED) is 0.741. The maximum Gasteiger partial charge on any atom is 0.159 e. The van der Waals surface area contributed by atoms with Crippen molar-refractivity contribution in [3.63, 3.8) is 0 Å². The minimum Gasteiger partial charge on any atom is -0.504 e. The second-order valence-corrected chi connectivity index (χ2v) is 3.47. The molecular formula is C10H8O2S. The van der Waals surface area contributed by atoms with Crippen LogP contribution in [0.1, 0.15) is 4.88 Å².